The minimum Gasteiger partial charge on any atom is -0.497 e. The number of nitrogens with one attached hydrogen (secondary N) is 1. The maximum Gasteiger partial charge on any atom is 0.264 e. The van der Waals surface area contributed by atoms with Crippen LogP contribution in [-0.2, 0) is 10.0 Å². The van der Waals surface area contributed by atoms with Crippen LogP contribution in [0, 0.1) is 6.92 Å². The Kier molecular flexibility index (Phi) is 4.55. The van der Waals surface area contributed by atoms with Gasteiger partial charge in [0.15, 0.2) is 0 Å². The molecule has 6 nitrogen and oxygen atoms in total. The van der Waals surface area contributed by atoms with Crippen LogP contribution < -0.4 is 14.4 Å². The van der Waals surface area contributed by atoms with E-state index in [9.17, 15) is 13.2 Å². The highest BCUT2D eigenvalue weighted by Crippen LogP contribution is 2.44. The summed E-state index contributed by atoms with van der Waals surface area (Å²) in [5.41, 5.74) is 3.72. The molecule has 0 saturated carbocycles. The summed E-state index contributed by atoms with van der Waals surface area (Å²) < 4.78 is 32.1. The summed E-state index contributed by atoms with van der Waals surface area (Å²) in [4.78, 5) is 13.1. The van der Waals surface area contributed by atoms with E-state index >= 15 is 0 Å². The van der Waals surface area contributed by atoms with Gasteiger partial charge in [0.2, 0.25) is 0 Å². The second-order valence-electron chi connectivity index (χ2n) is 6.84. The van der Waals surface area contributed by atoms with Crippen LogP contribution in [0.5, 0.6) is 5.75 Å². The predicted molar refractivity (Wildman–Crippen MR) is 113 cm³/mol. The molecule has 3 aromatic carbocycles. The fourth-order valence-corrected chi connectivity index (χ4v) is 5.08. The molecule has 0 atom stereocenters. The molecule has 7 heteroatoms. The number of nitrogens with zero attached hydrogens (tertiary/aromatic N) is 1. The molecule has 0 saturated heterocycles. The molecule has 0 aromatic heterocycles. The van der Waals surface area contributed by atoms with Gasteiger partial charge in [0.25, 0.3) is 15.9 Å². The van der Waals surface area contributed by atoms with Crippen molar-refractivity contribution in [2.75, 3.05) is 23.8 Å². The van der Waals surface area contributed by atoms with Crippen LogP contribution in [0.15, 0.2) is 65.6 Å². The Bertz CT molecular complexity index is 1220. The summed E-state index contributed by atoms with van der Waals surface area (Å²) in [6.07, 6.45) is 0. The van der Waals surface area contributed by atoms with Gasteiger partial charge in [-0.05, 0) is 55.0 Å². The molecule has 1 aliphatic rings. The zero-order valence-electron chi connectivity index (χ0n) is 16.3. The number of benzene rings is 3. The van der Waals surface area contributed by atoms with Crippen LogP contribution in [0.2, 0.25) is 0 Å². The van der Waals surface area contributed by atoms with Crippen LogP contribution in [-0.4, -0.2) is 28.5 Å². The van der Waals surface area contributed by atoms with Crippen LogP contribution in [0.25, 0.3) is 11.1 Å². The molecule has 1 amide bonds. The number of sulfonamides is 1. The second-order valence-corrected chi connectivity index (χ2v) is 8.78. The summed E-state index contributed by atoms with van der Waals surface area (Å²) in [5.74, 6) is 0.433. The number of hydrogen-bond acceptors (Lipinski definition) is 4. The van der Waals surface area contributed by atoms with Gasteiger partial charge in [-0.3, -0.25) is 9.10 Å². The SMILES string of the molecule is COc1ccc(NC(=O)c2cc(C)c3c(c2)-c2ccccc2S(=O)(=O)N3C)cc1. The standard InChI is InChI=1S/C22H20N2O4S/c1-14-12-15(22(25)23-16-8-10-17(28-3)11-9-16)13-19-18-6-4-5-7-20(18)29(26,27)24(2)21(14)19/h4-13H,1-3H3,(H,23,25). The molecule has 3 aromatic rings. The van der Waals surface area contributed by atoms with E-state index in [0.717, 1.165) is 5.56 Å². The van der Waals surface area contributed by atoms with Gasteiger partial charge in [0.05, 0.1) is 17.7 Å². The minimum absolute atomic E-state index is 0.238. The molecule has 29 heavy (non-hydrogen) atoms. The van der Waals surface area contributed by atoms with E-state index in [4.69, 9.17) is 4.74 Å². The highest BCUT2D eigenvalue weighted by molar-refractivity contribution is 7.93. The summed E-state index contributed by atoms with van der Waals surface area (Å²) in [6.45, 7) is 1.81. The number of amides is 1. The first-order valence-electron chi connectivity index (χ1n) is 9.01. The van der Waals surface area contributed by atoms with Crippen molar-refractivity contribution in [1.82, 2.24) is 0 Å². The maximum absolute atomic E-state index is 12.9. The van der Waals surface area contributed by atoms with E-state index in [2.05, 4.69) is 5.32 Å². The van der Waals surface area contributed by atoms with Gasteiger partial charge >= 0.3 is 0 Å². The number of carbonyl (C=O) groups excluding carboxylic acids is 1. The lowest BCUT2D eigenvalue weighted by atomic mass is 9.96. The van der Waals surface area contributed by atoms with Crippen molar-refractivity contribution in [3.63, 3.8) is 0 Å². The monoisotopic (exact) mass is 408 g/mol. The van der Waals surface area contributed by atoms with Gasteiger partial charge in [-0.1, -0.05) is 18.2 Å². The first-order valence-corrected chi connectivity index (χ1v) is 10.5. The smallest absolute Gasteiger partial charge is 0.264 e. The number of fused-ring (bicyclic) bond motifs is 3. The van der Waals surface area contributed by atoms with Crippen molar-refractivity contribution >= 4 is 27.3 Å². The quantitative estimate of drug-likeness (QED) is 0.709. The molecule has 0 radical (unpaired) electrons. The third-order valence-electron chi connectivity index (χ3n) is 5.04. The zero-order valence-corrected chi connectivity index (χ0v) is 17.1. The van der Waals surface area contributed by atoms with Crippen LogP contribution in [0.1, 0.15) is 15.9 Å². The molecule has 1 N–H and O–H groups in total. The third-order valence-corrected chi connectivity index (χ3v) is 6.86. The van der Waals surface area contributed by atoms with E-state index in [1.54, 1.807) is 67.8 Å². The van der Waals surface area contributed by atoms with E-state index in [1.165, 1.54) is 11.4 Å². The molecule has 4 rings (SSSR count). The van der Waals surface area contributed by atoms with E-state index in [0.29, 0.717) is 33.8 Å². The van der Waals surface area contributed by atoms with E-state index in [1.807, 2.05) is 6.92 Å². The largest absolute Gasteiger partial charge is 0.497 e. The Morgan fingerprint density at radius 3 is 2.38 bits per heavy atom. The predicted octanol–water partition coefficient (Wildman–Crippen LogP) is 4.06. The lowest BCUT2D eigenvalue weighted by Crippen LogP contribution is -2.31. The fraction of sp³-hybridized carbons (Fsp3) is 0.136. The van der Waals surface area contributed by atoms with Gasteiger partial charge in [0, 0.05) is 29.4 Å². The number of ether oxygens (including phenoxy) is 1. The Hall–Kier alpha value is -3.32. The molecule has 0 aliphatic carbocycles. The van der Waals surface area contributed by atoms with Crippen molar-refractivity contribution in [3.05, 3.63) is 71.8 Å². The number of hydrogen-bond donors (Lipinski definition) is 1. The number of anilines is 2. The van der Waals surface area contributed by atoms with Crippen molar-refractivity contribution in [3.8, 4) is 16.9 Å². The van der Waals surface area contributed by atoms with Crippen molar-refractivity contribution in [2.45, 2.75) is 11.8 Å². The fourth-order valence-electron chi connectivity index (χ4n) is 3.59. The number of methoxy groups -OCH3 is 1. The molecule has 0 unspecified atom stereocenters. The van der Waals surface area contributed by atoms with Gasteiger partial charge in [-0.2, -0.15) is 0 Å². The summed E-state index contributed by atoms with van der Waals surface area (Å²) in [5, 5.41) is 2.87. The van der Waals surface area contributed by atoms with E-state index < -0.39 is 10.0 Å². The van der Waals surface area contributed by atoms with Crippen LogP contribution in [0.3, 0.4) is 0 Å². The topological polar surface area (TPSA) is 75.7 Å². The number of carbonyl (C=O) groups is 1. The normalized spacial score (nSPS) is 14.0. The first-order chi connectivity index (χ1) is 13.8. The highest BCUT2D eigenvalue weighted by atomic mass is 32.2. The van der Waals surface area contributed by atoms with Crippen LogP contribution in [0.4, 0.5) is 11.4 Å². The van der Waals surface area contributed by atoms with Crippen LogP contribution >= 0.6 is 0 Å². The number of aryl methyl sites for hydroxylation is 1. The first kappa shape index (κ1) is 19.0. The van der Waals surface area contributed by atoms with Crippen molar-refractivity contribution in [1.29, 1.82) is 0 Å². The lowest BCUT2D eigenvalue weighted by molar-refractivity contribution is 0.102. The van der Waals surface area contributed by atoms with Gasteiger partial charge in [0.1, 0.15) is 5.75 Å². The molecule has 148 valence electrons. The summed E-state index contributed by atoms with van der Waals surface area (Å²) in [7, 11) is -0.506. The molecule has 0 bridgehead atoms. The average Bonchev–Trinajstić information content (AvgIpc) is 2.72. The molecule has 1 aliphatic heterocycles. The van der Waals surface area contributed by atoms with Crippen molar-refractivity contribution in [2.24, 2.45) is 0 Å². The Balaban J connectivity index is 1.78. The summed E-state index contributed by atoms with van der Waals surface area (Å²) >= 11 is 0. The maximum atomic E-state index is 12.9. The van der Waals surface area contributed by atoms with Gasteiger partial charge in [-0.25, -0.2) is 8.42 Å². The zero-order chi connectivity index (χ0) is 20.8. The third kappa shape index (κ3) is 3.13. The van der Waals surface area contributed by atoms with Crippen molar-refractivity contribution < 1.29 is 17.9 Å². The van der Waals surface area contributed by atoms with Gasteiger partial charge in [-0.15, -0.1) is 0 Å². The van der Waals surface area contributed by atoms with E-state index in [-0.39, 0.29) is 10.8 Å². The molecule has 0 spiro atoms. The molecule has 0 fully saturated rings. The molecule has 1 heterocycles. The summed E-state index contributed by atoms with van der Waals surface area (Å²) in [6, 6.07) is 17.4. The number of rotatable bonds is 3. The Labute approximate surface area is 169 Å². The van der Waals surface area contributed by atoms with Gasteiger partial charge < -0.3 is 10.1 Å². The lowest BCUT2D eigenvalue weighted by Gasteiger charge is -2.31. The Morgan fingerprint density at radius 1 is 1.00 bits per heavy atom. The molecular weight excluding hydrogens is 388 g/mol. The average molecular weight is 408 g/mol. The second kappa shape index (κ2) is 6.93. The Morgan fingerprint density at radius 2 is 1.69 bits per heavy atom. The minimum atomic E-state index is -3.62. The molecular formula is C22H20N2O4S. The highest BCUT2D eigenvalue weighted by Gasteiger charge is 2.33.